The second kappa shape index (κ2) is 8.54. The zero-order valence-corrected chi connectivity index (χ0v) is 17.4. The molecule has 7 heteroatoms. The Morgan fingerprint density at radius 2 is 1.83 bits per heavy atom. The second-order valence-electron chi connectivity index (χ2n) is 9.20. The molecule has 0 bridgehead atoms. The minimum absolute atomic E-state index is 0.0509. The van der Waals surface area contributed by atoms with Gasteiger partial charge in [-0.05, 0) is 83.5 Å². The Bertz CT molecular complexity index is 709. The molecular formula is C22H31F3N2O2. The van der Waals surface area contributed by atoms with Crippen LogP contribution in [0.5, 0.6) is 0 Å². The molecule has 0 aromatic heterocycles. The number of alkyl carbamates (subject to hydrolysis) is 1. The van der Waals surface area contributed by atoms with Crippen LogP contribution in [0, 0.1) is 0 Å². The molecular weight excluding hydrogens is 381 g/mol. The van der Waals surface area contributed by atoms with E-state index in [1.807, 2.05) is 20.8 Å². The van der Waals surface area contributed by atoms with Gasteiger partial charge >= 0.3 is 12.3 Å². The summed E-state index contributed by atoms with van der Waals surface area (Å²) in [6.07, 6.45) is -0.327. The maximum atomic E-state index is 13.1. The number of hydrogen-bond donors (Lipinski definition) is 1. The van der Waals surface area contributed by atoms with Gasteiger partial charge in [0.2, 0.25) is 0 Å². The highest BCUT2D eigenvalue weighted by atomic mass is 19.4. The van der Waals surface area contributed by atoms with Gasteiger partial charge in [0.1, 0.15) is 5.60 Å². The van der Waals surface area contributed by atoms with Crippen LogP contribution in [-0.4, -0.2) is 41.8 Å². The molecule has 1 saturated carbocycles. The van der Waals surface area contributed by atoms with Gasteiger partial charge in [0.05, 0.1) is 5.56 Å². The highest BCUT2D eigenvalue weighted by Crippen LogP contribution is 2.38. The van der Waals surface area contributed by atoms with Crippen molar-refractivity contribution in [2.45, 2.75) is 82.7 Å². The van der Waals surface area contributed by atoms with Crippen LogP contribution in [0.4, 0.5) is 18.0 Å². The first kappa shape index (κ1) is 21.9. The molecule has 1 amide bonds. The van der Waals surface area contributed by atoms with Crippen LogP contribution >= 0.6 is 0 Å². The summed E-state index contributed by atoms with van der Waals surface area (Å²) < 4.78 is 44.8. The number of nitrogens with one attached hydrogen (secondary N) is 1. The molecule has 0 radical (unpaired) electrons. The Balaban J connectivity index is 1.74. The summed E-state index contributed by atoms with van der Waals surface area (Å²) in [7, 11) is 0. The first-order valence-corrected chi connectivity index (χ1v) is 10.4. The van der Waals surface area contributed by atoms with Gasteiger partial charge in [-0.2, -0.15) is 13.2 Å². The Labute approximate surface area is 170 Å². The Hall–Kier alpha value is -1.76. The van der Waals surface area contributed by atoms with Crippen molar-refractivity contribution in [1.29, 1.82) is 0 Å². The van der Waals surface area contributed by atoms with Crippen molar-refractivity contribution in [3.63, 3.8) is 0 Å². The van der Waals surface area contributed by atoms with E-state index in [1.165, 1.54) is 12.1 Å². The minimum atomic E-state index is -4.33. The van der Waals surface area contributed by atoms with Crippen molar-refractivity contribution in [1.82, 2.24) is 10.2 Å². The zero-order chi connectivity index (χ0) is 21.2. The summed E-state index contributed by atoms with van der Waals surface area (Å²) in [5.41, 5.74) is -0.427. The lowest BCUT2D eigenvalue weighted by atomic mass is 9.78. The van der Waals surface area contributed by atoms with Gasteiger partial charge in [-0.15, -0.1) is 0 Å². The summed E-state index contributed by atoms with van der Waals surface area (Å²) >= 11 is 0. The van der Waals surface area contributed by atoms with Crippen molar-refractivity contribution in [3.8, 4) is 0 Å². The van der Waals surface area contributed by atoms with Crippen molar-refractivity contribution >= 4 is 6.09 Å². The first-order valence-electron chi connectivity index (χ1n) is 10.4. The smallest absolute Gasteiger partial charge is 0.416 e. The molecule has 1 aliphatic heterocycles. The molecule has 1 aromatic rings. The molecule has 162 valence electrons. The summed E-state index contributed by atoms with van der Waals surface area (Å²) in [6.45, 7) is 7.41. The third-order valence-corrected chi connectivity index (χ3v) is 5.81. The molecule has 1 aliphatic carbocycles. The summed E-state index contributed by atoms with van der Waals surface area (Å²) in [5, 5.41) is 3.03. The van der Waals surface area contributed by atoms with E-state index in [2.05, 4.69) is 10.2 Å². The summed E-state index contributed by atoms with van der Waals surface area (Å²) in [6, 6.07) is 5.75. The SMILES string of the molecule is CC(C)(C)OC(=O)N[C@@H]1CC[C@H](c2cccc(C(F)(F)F)c2)C[C@@H]1N1CCCC1. The number of halogens is 3. The van der Waals surface area contributed by atoms with E-state index < -0.39 is 23.4 Å². The predicted octanol–water partition coefficient (Wildman–Crippen LogP) is 5.33. The predicted molar refractivity (Wildman–Crippen MR) is 106 cm³/mol. The summed E-state index contributed by atoms with van der Waals surface area (Å²) in [4.78, 5) is 14.7. The van der Waals surface area contributed by atoms with Crippen molar-refractivity contribution in [3.05, 3.63) is 35.4 Å². The van der Waals surface area contributed by atoms with Crippen LogP contribution in [-0.2, 0) is 10.9 Å². The Kier molecular flexibility index (Phi) is 6.46. The van der Waals surface area contributed by atoms with E-state index >= 15 is 0 Å². The van der Waals surface area contributed by atoms with E-state index in [-0.39, 0.29) is 18.0 Å². The number of ether oxygens (including phenoxy) is 1. The molecule has 3 atom stereocenters. The molecule has 1 heterocycles. The van der Waals surface area contributed by atoms with E-state index in [0.717, 1.165) is 56.8 Å². The van der Waals surface area contributed by atoms with Gasteiger partial charge in [-0.3, -0.25) is 4.90 Å². The highest BCUT2D eigenvalue weighted by Gasteiger charge is 2.38. The lowest BCUT2D eigenvalue weighted by Gasteiger charge is -2.41. The van der Waals surface area contributed by atoms with Gasteiger partial charge in [-0.1, -0.05) is 18.2 Å². The van der Waals surface area contributed by atoms with Crippen LogP contribution in [0.15, 0.2) is 24.3 Å². The third-order valence-electron chi connectivity index (χ3n) is 5.81. The molecule has 0 unspecified atom stereocenters. The van der Waals surface area contributed by atoms with E-state index in [9.17, 15) is 18.0 Å². The molecule has 2 fully saturated rings. The van der Waals surface area contributed by atoms with Gasteiger partial charge in [0.25, 0.3) is 0 Å². The number of amides is 1. The molecule has 4 nitrogen and oxygen atoms in total. The largest absolute Gasteiger partial charge is 0.444 e. The molecule has 2 aliphatic rings. The average molecular weight is 412 g/mol. The zero-order valence-electron chi connectivity index (χ0n) is 17.4. The number of likely N-dealkylation sites (tertiary alicyclic amines) is 1. The fourth-order valence-electron chi connectivity index (χ4n) is 4.52. The lowest BCUT2D eigenvalue weighted by Crippen LogP contribution is -2.54. The van der Waals surface area contributed by atoms with Crippen LogP contribution in [0.3, 0.4) is 0 Å². The first-order chi connectivity index (χ1) is 13.5. The number of nitrogens with zero attached hydrogens (tertiary/aromatic N) is 1. The number of rotatable bonds is 3. The maximum Gasteiger partial charge on any atom is 0.416 e. The minimum Gasteiger partial charge on any atom is -0.444 e. The van der Waals surface area contributed by atoms with Crippen LogP contribution in [0.1, 0.15) is 69.9 Å². The van der Waals surface area contributed by atoms with E-state index in [1.54, 1.807) is 6.07 Å². The lowest BCUT2D eigenvalue weighted by molar-refractivity contribution is -0.137. The molecule has 1 aromatic carbocycles. The van der Waals surface area contributed by atoms with Gasteiger partial charge in [0.15, 0.2) is 0 Å². The standard InChI is InChI=1S/C22H31F3N2O2/c1-21(2,3)29-20(28)26-18-10-9-16(14-19(18)27-11-4-5-12-27)15-7-6-8-17(13-15)22(23,24)25/h6-8,13,16,18-19H,4-5,9-12,14H2,1-3H3,(H,26,28)/t16-,18+,19-/m0/s1. The van der Waals surface area contributed by atoms with Gasteiger partial charge in [-0.25, -0.2) is 4.79 Å². The third kappa shape index (κ3) is 5.87. The molecule has 1 saturated heterocycles. The highest BCUT2D eigenvalue weighted by molar-refractivity contribution is 5.68. The topological polar surface area (TPSA) is 41.6 Å². The van der Waals surface area contributed by atoms with Crippen molar-refractivity contribution in [2.75, 3.05) is 13.1 Å². The van der Waals surface area contributed by atoms with Crippen molar-refractivity contribution in [2.24, 2.45) is 0 Å². The average Bonchev–Trinajstić information content (AvgIpc) is 3.14. The Morgan fingerprint density at radius 1 is 1.14 bits per heavy atom. The van der Waals surface area contributed by atoms with E-state index in [4.69, 9.17) is 4.74 Å². The quantitative estimate of drug-likeness (QED) is 0.730. The van der Waals surface area contributed by atoms with E-state index in [0.29, 0.717) is 0 Å². The number of alkyl halides is 3. The number of benzene rings is 1. The Morgan fingerprint density at radius 3 is 2.45 bits per heavy atom. The molecule has 29 heavy (non-hydrogen) atoms. The summed E-state index contributed by atoms with van der Waals surface area (Å²) in [5.74, 6) is 0.0552. The fourth-order valence-corrected chi connectivity index (χ4v) is 4.52. The molecule has 0 spiro atoms. The van der Waals surface area contributed by atoms with Gasteiger partial charge in [0, 0.05) is 12.1 Å². The van der Waals surface area contributed by atoms with Gasteiger partial charge < -0.3 is 10.1 Å². The molecule has 1 N–H and O–H groups in total. The maximum absolute atomic E-state index is 13.1. The number of hydrogen-bond acceptors (Lipinski definition) is 3. The van der Waals surface area contributed by atoms with Crippen LogP contribution in [0.2, 0.25) is 0 Å². The monoisotopic (exact) mass is 412 g/mol. The fraction of sp³-hybridized carbons (Fsp3) is 0.682. The normalized spacial score (nSPS) is 26.3. The number of carbonyl (C=O) groups excluding carboxylic acids is 1. The van der Waals surface area contributed by atoms with Crippen molar-refractivity contribution < 1.29 is 22.7 Å². The molecule has 3 rings (SSSR count). The van der Waals surface area contributed by atoms with Crippen LogP contribution in [0.25, 0.3) is 0 Å². The van der Waals surface area contributed by atoms with Crippen LogP contribution < -0.4 is 5.32 Å². The number of carbonyl (C=O) groups is 1. The second-order valence-corrected chi connectivity index (χ2v) is 9.20.